The van der Waals surface area contributed by atoms with Crippen LogP contribution in [0.3, 0.4) is 0 Å². The van der Waals surface area contributed by atoms with Gasteiger partial charge >= 0.3 is 6.18 Å². The Morgan fingerprint density at radius 1 is 1.47 bits per heavy atom. The molecule has 0 bridgehead atoms. The van der Waals surface area contributed by atoms with Gasteiger partial charge in [0.2, 0.25) is 0 Å². The highest BCUT2D eigenvalue weighted by molar-refractivity contribution is 6.32. The lowest BCUT2D eigenvalue weighted by Crippen LogP contribution is -2.10. The maximum atomic E-state index is 12.4. The number of carbonyl (C=O) groups is 1. The third-order valence-corrected chi connectivity index (χ3v) is 2.14. The van der Waals surface area contributed by atoms with Crippen molar-refractivity contribution in [1.29, 1.82) is 0 Å². The number of carbonyl (C=O) groups excluding carboxylic acids is 1. The normalized spacial score (nSPS) is 12.2. The number of hydrogen-bond acceptors (Lipinski definition) is 2. The molecule has 0 atom stereocenters. The maximum Gasteiger partial charge on any atom is 0.435 e. The first-order chi connectivity index (χ1) is 6.79. The summed E-state index contributed by atoms with van der Waals surface area (Å²) >= 11 is 5.60. The van der Waals surface area contributed by atoms with Gasteiger partial charge in [0, 0.05) is 6.04 Å². The first-order valence-corrected chi connectivity index (χ1v) is 4.47. The maximum absolute atomic E-state index is 12.4. The van der Waals surface area contributed by atoms with E-state index >= 15 is 0 Å². The summed E-state index contributed by atoms with van der Waals surface area (Å²) in [5.41, 5.74) is -1.85. The van der Waals surface area contributed by atoms with Crippen LogP contribution in [0.25, 0.3) is 0 Å². The van der Waals surface area contributed by atoms with Crippen LogP contribution < -0.4 is 0 Å². The van der Waals surface area contributed by atoms with E-state index in [1.54, 1.807) is 13.8 Å². The van der Waals surface area contributed by atoms with Crippen molar-refractivity contribution in [2.75, 3.05) is 0 Å². The number of alkyl halides is 3. The molecule has 1 heterocycles. The molecule has 0 N–H and O–H groups in total. The van der Waals surface area contributed by atoms with Gasteiger partial charge in [-0.15, -0.1) is 0 Å². The van der Waals surface area contributed by atoms with Gasteiger partial charge in [0.05, 0.1) is 5.56 Å². The zero-order valence-corrected chi connectivity index (χ0v) is 8.73. The van der Waals surface area contributed by atoms with Crippen LogP contribution in [0, 0.1) is 0 Å². The van der Waals surface area contributed by atoms with Crippen molar-refractivity contribution in [2.24, 2.45) is 0 Å². The fourth-order valence-electron chi connectivity index (χ4n) is 1.08. The van der Waals surface area contributed by atoms with Gasteiger partial charge in [0.1, 0.15) is 5.15 Å². The van der Waals surface area contributed by atoms with Crippen LogP contribution in [0.5, 0.6) is 0 Å². The van der Waals surface area contributed by atoms with Crippen molar-refractivity contribution in [3.05, 3.63) is 16.4 Å². The molecule has 1 aromatic rings. The van der Waals surface area contributed by atoms with E-state index in [1.165, 1.54) is 0 Å². The minimum Gasteiger partial charge on any atom is -0.298 e. The lowest BCUT2D eigenvalue weighted by Gasteiger charge is -2.06. The van der Waals surface area contributed by atoms with Gasteiger partial charge in [-0.1, -0.05) is 11.6 Å². The van der Waals surface area contributed by atoms with Gasteiger partial charge in [0.25, 0.3) is 0 Å². The molecule has 1 rings (SSSR count). The highest BCUT2D eigenvalue weighted by Gasteiger charge is 2.39. The fraction of sp³-hybridized carbons (Fsp3) is 0.500. The highest BCUT2D eigenvalue weighted by atomic mass is 35.5. The second-order valence-electron chi connectivity index (χ2n) is 3.21. The van der Waals surface area contributed by atoms with Crippen LogP contribution in [0.4, 0.5) is 13.2 Å². The largest absolute Gasteiger partial charge is 0.435 e. The molecule has 15 heavy (non-hydrogen) atoms. The average molecular weight is 241 g/mol. The van der Waals surface area contributed by atoms with Crippen molar-refractivity contribution in [2.45, 2.75) is 26.1 Å². The van der Waals surface area contributed by atoms with Crippen molar-refractivity contribution in [3.8, 4) is 0 Å². The zero-order valence-electron chi connectivity index (χ0n) is 7.97. The summed E-state index contributed by atoms with van der Waals surface area (Å²) in [6.45, 7) is 3.24. The summed E-state index contributed by atoms with van der Waals surface area (Å²) in [6, 6.07) is -0.340. The molecule has 7 heteroatoms. The van der Waals surface area contributed by atoms with Gasteiger partial charge < -0.3 is 0 Å². The molecule has 84 valence electrons. The molecule has 1 aromatic heterocycles. The number of aromatic nitrogens is 2. The van der Waals surface area contributed by atoms with E-state index in [0.717, 1.165) is 4.68 Å². The SMILES string of the molecule is CC(C)n1nc(C(F)(F)F)c(C=O)c1Cl. The summed E-state index contributed by atoms with van der Waals surface area (Å²) < 4.78 is 38.2. The molecule has 0 aliphatic heterocycles. The van der Waals surface area contributed by atoms with Gasteiger partial charge in [0.15, 0.2) is 12.0 Å². The Hall–Kier alpha value is -1.04. The Bertz CT molecular complexity index is 384. The predicted octanol–water partition coefficient (Wildman–Crippen LogP) is 2.95. The Kier molecular flexibility index (Phi) is 3.08. The molecule has 0 aliphatic carbocycles. The molecule has 0 saturated heterocycles. The first-order valence-electron chi connectivity index (χ1n) is 4.09. The van der Waals surface area contributed by atoms with Crippen molar-refractivity contribution >= 4 is 17.9 Å². The van der Waals surface area contributed by atoms with Gasteiger partial charge in [-0.25, -0.2) is 0 Å². The Morgan fingerprint density at radius 3 is 2.27 bits per heavy atom. The molecule has 0 aromatic carbocycles. The predicted molar refractivity (Wildman–Crippen MR) is 48.0 cm³/mol. The molecular formula is C8H8ClF3N2O. The molecule has 0 radical (unpaired) electrons. The van der Waals surface area contributed by atoms with E-state index in [9.17, 15) is 18.0 Å². The monoisotopic (exact) mass is 240 g/mol. The van der Waals surface area contributed by atoms with Crippen LogP contribution in [-0.2, 0) is 6.18 Å². The second-order valence-corrected chi connectivity index (χ2v) is 3.57. The number of rotatable bonds is 2. The summed E-state index contributed by atoms with van der Waals surface area (Å²) in [5.74, 6) is 0. The van der Waals surface area contributed by atoms with Gasteiger partial charge in [-0.05, 0) is 13.8 Å². The number of halogens is 4. The fourth-order valence-corrected chi connectivity index (χ4v) is 1.45. The van der Waals surface area contributed by atoms with Gasteiger partial charge in [-0.3, -0.25) is 9.48 Å². The third-order valence-electron chi connectivity index (χ3n) is 1.76. The second kappa shape index (κ2) is 3.84. The van der Waals surface area contributed by atoms with E-state index < -0.39 is 17.4 Å². The number of aldehydes is 1. The number of nitrogens with zero attached hydrogens (tertiary/aromatic N) is 2. The Balaban J connectivity index is 3.41. The van der Waals surface area contributed by atoms with E-state index in [1.807, 2.05) is 0 Å². The number of hydrogen-bond donors (Lipinski definition) is 0. The highest BCUT2D eigenvalue weighted by Crippen LogP contribution is 2.34. The van der Waals surface area contributed by atoms with Crippen LogP contribution >= 0.6 is 11.6 Å². The Morgan fingerprint density at radius 2 is 2.00 bits per heavy atom. The molecular weight excluding hydrogens is 233 g/mol. The smallest absolute Gasteiger partial charge is 0.298 e. The Labute approximate surface area is 88.8 Å². The summed E-state index contributed by atoms with van der Waals surface area (Å²) in [6.07, 6.45) is -4.60. The molecule has 0 aliphatic rings. The van der Waals surface area contributed by atoms with Gasteiger partial charge in [-0.2, -0.15) is 18.3 Å². The van der Waals surface area contributed by atoms with Crippen molar-refractivity contribution in [3.63, 3.8) is 0 Å². The van der Waals surface area contributed by atoms with Crippen LogP contribution in [-0.4, -0.2) is 16.1 Å². The van der Waals surface area contributed by atoms with Crippen LogP contribution in [0.1, 0.15) is 35.9 Å². The summed E-state index contributed by atoms with van der Waals surface area (Å²) in [5, 5.41) is 2.99. The third kappa shape index (κ3) is 2.14. The lowest BCUT2D eigenvalue weighted by molar-refractivity contribution is -0.141. The summed E-state index contributed by atoms with van der Waals surface area (Å²) in [7, 11) is 0. The summed E-state index contributed by atoms with van der Waals surface area (Å²) in [4.78, 5) is 10.5. The van der Waals surface area contributed by atoms with E-state index in [-0.39, 0.29) is 17.5 Å². The topological polar surface area (TPSA) is 34.9 Å². The van der Waals surface area contributed by atoms with E-state index in [0.29, 0.717) is 0 Å². The lowest BCUT2D eigenvalue weighted by atomic mass is 10.2. The van der Waals surface area contributed by atoms with Crippen LogP contribution in [0.15, 0.2) is 0 Å². The zero-order chi connectivity index (χ0) is 11.8. The molecule has 0 spiro atoms. The van der Waals surface area contributed by atoms with E-state index in [2.05, 4.69) is 5.10 Å². The molecule has 0 amide bonds. The first kappa shape index (κ1) is 12.0. The van der Waals surface area contributed by atoms with E-state index in [4.69, 9.17) is 11.6 Å². The molecule has 0 unspecified atom stereocenters. The van der Waals surface area contributed by atoms with Crippen molar-refractivity contribution < 1.29 is 18.0 Å². The minimum absolute atomic E-state index is 0.0665. The molecule has 3 nitrogen and oxygen atoms in total. The van der Waals surface area contributed by atoms with Crippen LogP contribution in [0.2, 0.25) is 5.15 Å². The minimum atomic E-state index is -4.67. The average Bonchev–Trinajstić information content (AvgIpc) is 2.41. The quantitative estimate of drug-likeness (QED) is 0.745. The standard InChI is InChI=1S/C8H8ClF3N2O/c1-4(2)14-7(9)5(3-15)6(13-14)8(10,11)12/h3-4H,1-2H3. The van der Waals surface area contributed by atoms with Crippen molar-refractivity contribution in [1.82, 2.24) is 9.78 Å². The molecule has 0 saturated carbocycles. The molecule has 0 fully saturated rings.